The first kappa shape index (κ1) is 15.5. The van der Waals surface area contributed by atoms with Gasteiger partial charge in [-0.05, 0) is 31.5 Å². The molecule has 0 fully saturated rings. The molecular formula is C16H20N2O2S. The predicted octanol–water partition coefficient (Wildman–Crippen LogP) is 3.04. The summed E-state index contributed by atoms with van der Waals surface area (Å²) in [7, 11) is 0. The number of urea groups is 1. The highest BCUT2D eigenvalue weighted by atomic mass is 32.1. The van der Waals surface area contributed by atoms with Gasteiger partial charge in [-0.3, -0.25) is 0 Å². The van der Waals surface area contributed by atoms with E-state index in [1.165, 1.54) is 11.3 Å². The molecule has 0 aliphatic heterocycles. The summed E-state index contributed by atoms with van der Waals surface area (Å²) in [5.74, 6) is 0. The third kappa shape index (κ3) is 4.58. The summed E-state index contributed by atoms with van der Waals surface area (Å²) in [6, 6.07) is 13.3. The first-order valence-corrected chi connectivity index (χ1v) is 7.74. The van der Waals surface area contributed by atoms with E-state index in [1.807, 2.05) is 56.3 Å². The minimum atomic E-state index is -0.616. The molecule has 0 radical (unpaired) electrons. The van der Waals surface area contributed by atoms with Crippen LogP contribution in [0.4, 0.5) is 4.79 Å². The molecule has 2 aromatic rings. The van der Waals surface area contributed by atoms with Gasteiger partial charge in [0.25, 0.3) is 0 Å². The van der Waals surface area contributed by atoms with E-state index in [9.17, 15) is 9.90 Å². The average Bonchev–Trinajstić information content (AvgIpc) is 2.93. The Balaban J connectivity index is 1.94. The van der Waals surface area contributed by atoms with Crippen molar-refractivity contribution in [2.24, 2.45) is 0 Å². The fourth-order valence-electron chi connectivity index (χ4n) is 1.92. The van der Waals surface area contributed by atoms with Gasteiger partial charge in [0.05, 0.1) is 6.54 Å². The lowest BCUT2D eigenvalue weighted by atomic mass is 10.1. The lowest BCUT2D eigenvalue weighted by Crippen LogP contribution is -2.38. The molecule has 21 heavy (non-hydrogen) atoms. The molecule has 1 heterocycles. The summed E-state index contributed by atoms with van der Waals surface area (Å²) in [5, 5.41) is 15.9. The number of hydrogen-bond donors (Lipinski definition) is 3. The maximum atomic E-state index is 11.5. The second-order valence-corrected chi connectivity index (χ2v) is 6.30. The molecule has 1 atom stereocenters. The zero-order valence-electron chi connectivity index (χ0n) is 12.2. The average molecular weight is 304 g/mol. The highest BCUT2D eigenvalue weighted by Gasteiger charge is 2.13. The molecule has 0 aliphatic carbocycles. The number of aliphatic hydroxyl groups excluding tert-OH is 1. The van der Waals surface area contributed by atoms with Crippen LogP contribution in [0.25, 0.3) is 0 Å². The van der Waals surface area contributed by atoms with Crippen LogP contribution in [0.1, 0.15) is 35.3 Å². The molecular weight excluding hydrogens is 284 g/mol. The summed E-state index contributed by atoms with van der Waals surface area (Å²) < 4.78 is 0. The highest BCUT2D eigenvalue weighted by molar-refractivity contribution is 7.12. The van der Waals surface area contributed by atoms with Gasteiger partial charge in [0.2, 0.25) is 0 Å². The van der Waals surface area contributed by atoms with Crippen molar-refractivity contribution in [1.29, 1.82) is 0 Å². The Morgan fingerprint density at radius 2 is 1.90 bits per heavy atom. The molecule has 5 heteroatoms. The third-order valence-corrected chi connectivity index (χ3v) is 4.05. The zero-order valence-corrected chi connectivity index (χ0v) is 13.0. The predicted molar refractivity (Wildman–Crippen MR) is 85.3 cm³/mol. The largest absolute Gasteiger partial charge is 0.383 e. The molecule has 4 nitrogen and oxygen atoms in total. The van der Waals surface area contributed by atoms with Crippen molar-refractivity contribution in [2.75, 3.05) is 0 Å². The molecule has 0 aliphatic rings. The Morgan fingerprint density at radius 3 is 2.57 bits per heavy atom. The van der Waals surface area contributed by atoms with Gasteiger partial charge in [0, 0.05) is 15.8 Å². The quantitative estimate of drug-likeness (QED) is 0.795. The molecule has 1 aromatic heterocycles. The molecule has 2 amide bonds. The van der Waals surface area contributed by atoms with Crippen molar-refractivity contribution < 1.29 is 9.90 Å². The third-order valence-electron chi connectivity index (χ3n) is 2.91. The summed E-state index contributed by atoms with van der Waals surface area (Å²) >= 11 is 1.50. The molecule has 3 N–H and O–H groups in total. The summed E-state index contributed by atoms with van der Waals surface area (Å²) in [6.45, 7) is 4.29. The first-order valence-electron chi connectivity index (χ1n) is 6.92. The van der Waals surface area contributed by atoms with E-state index in [0.717, 1.165) is 15.3 Å². The molecule has 1 unspecified atom stereocenters. The number of rotatable bonds is 5. The molecule has 1 aromatic carbocycles. The van der Waals surface area contributed by atoms with Crippen LogP contribution in [-0.2, 0) is 6.54 Å². The monoisotopic (exact) mass is 304 g/mol. The molecule has 0 saturated heterocycles. The van der Waals surface area contributed by atoms with Crippen LogP contribution in [0.5, 0.6) is 0 Å². The van der Waals surface area contributed by atoms with Gasteiger partial charge in [-0.15, -0.1) is 11.3 Å². The minimum Gasteiger partial charge on any atom is -0.383 e. The molecule has 0 spiro atoms. The van der Waals surface area contributed by atoms with Crippen molar-refractivity contribution in [3.63, 3.8) is 0 Å². The first-order chi connectivity index (χ1) is 10.1. The van der Waals surface area contributed by atoms with E-state index in [1.54, 1.807) is 0 Å². The normalized spacial score (nSPS) is 12.2. The lowest BCUT2D eigenvalue weighted by molar-refractivity contribution is 0.224. The fourth-order valence-corrected chi connectivity index (χ4v) is 2.88. The zero-order chi connectivity index (χ0) is 15.2. The SMILES string of the molecule is CC(C)NC(=O)NCc1ccc(C(O)c2ccccc2)s1. The maximum Gasteiger partial charge on any atom is 0.315 e. The Bertz CT molecular complexity index is 581. The van der Waals surface area contributed by atoms with Crippen LogP contribution in [0.3, 0.4) is 0 Å². The number of hydrogen-bond acceptors (Lipinski definition) is 3. The number of thiophene rings is 1. The van der Waals surface area contributed by atoms with Crippen molar-refractivity contribution >= 4 is 17.4 Å². The number of aliphatic hydroxyl groups is 1. The van der Waals surface area contributed by atoms with Crippen molar-refractivity contribution in [1.82, 2.24) is 10.6 Å². The summed E-state index contributed by atoms with van der Waals surface area (Å²) in [6.07, 6.45) is -0.616. The smallest absolute Gasteiger partial charge is 0.315 e. The van der Waals surface area contributed by atoms with Crippen LogP contribution in [-0.4, -0.2) is 17.2 Å². The van der Waals surface area contributed by atoms with Gasteiger partial charge in [0.1, 0.15) is 6.10 Å². The number of benzene rings is 1. The second-order valence-electron chi connectivity index (χ2n) is 5.10. The van der Waals surface area contributed by atoms with Crippen LogP contribution in [0.2, 0.25) is 0 Å². The lowest BCUT2D eigenvalue weighted by Gasteiger charge is -2.09. The summed E-state index contributed by atoms with van der Waals surface area (Å²) in [4.78, 5) is 13.4. The van der Waals surface area contributed by atoms with Crippen molar-refractivity contribution in [2.45, 2.75) is 32.5 Å². The topological polar surface area (TPSA) is 61.4 Å². The van der Waals surface area contributed by atoms with Crippen LogP contribution < -0.4 is 10.6 Å². The van der Waals surface area contributed by atoms with Gasteiger partial charge in [-0.1, -0.05) is 30.3 Å². The van der Waals surface area contributed by atoms with E-state index < -0.39 is 6.10 Å². The Labute approximate surface area is 128 Å². The van der Waals surface area contributed by atoms with Gasteiger partial charge in [-0.25, -0.2) is 4.79 Å². The van der Waals surface area contributed by atoms with Crippen molar-refractivity contribution in [3.8, 4) is 0 Å². The Kier molecular flexibility index (Phi) is 5.36. The van der Waals surface area contributed by atoms with Crippen LogP contribution in [0, 0.1) is 0 Å². The van der Waals surface area contributed by atoms with Gasteiger partial charge >= 0.3 is 6.03 Å². The van der Waals surface area contributed by atoms with Crippen molar-refractivity contribution in [3.05, 3.63) is 57.8 Å². The van der Waals surface area contributed by atoms with E-state index in [4.69, 9.17) is 0 Å². The fraction of sp³-hybridized carbons (Fsp3) is 0.312. The molecule has 0 bridgehead atoms. The Hall–Kier alpha value is -1.85. The Morgan fingerprint density at radius 1 is 1.19 bits per heavy atom. The van der Waals surface area contributed by atoms with E-state index in [-0.39, 0.29) is 12.1 Å². The van der Waals surface area contributed by atoms with Gasteiger partial charge in [-0.2, -0.15) is 0 Å². The number of carbonyl (C=O) groups is 1. The van der Waals surface area contributed by atoms with E-state index in [0.29, 0.717) is 6.54 Å². The summed E-state index contributed by atoms with van der Waals surface area (Å²) in [5.41, 5.74) is 0.872. The molecule has 0 saturated carbocycles. The van der Waals surface area contributed by atoms with Crippen LogP contribution in [0.15, 0.2) is 42.5 Å². The number of nitrogens with one attached hydrogen (secondary N) is 2. The van der Waals surface area contributed by atoms with E-state index >= 15 is 0 Å². The van der Waals surface area contributed by atoms with E-state index in [2.05, 4.69) is 10.6 Å². The number of carbonyl (C=O) groups excluding carboxylic acids is 1. The van der Waals surface area contributed by atoms with Gasteiger partial charge in [0.15, 0.2) is 0 Å². The standard InChI is InChI=1S/C16H20N2O2S/c1-11(2)18-16(20)17-10-13-8-9-14(21-13)15(19)12-6-4-3-5-7-12/h3-9,11,15,19H,10H2,1-2H3,(H2,17,18,20). The maximum absolute atomic E-state index is 11.5. The molecule has 112 valence electrons. The second kappa shape index (κ2) is 7.24. The minimum absolute atomic E-state index is 0.115. The highest BCUT2D eigenvalue weighted by Crippen LogP contribution is 2.28. The number of amides is 2. The molecule has 2 rings (SSSR count). The van der Waals surface area contributed by atoms with Crippen LogP contribution >= 0.6 is 11.3 Å². The van der Waals surface area contributed by atoms with Gasteiger partial charge < -0.3 is 15.7 Å².